The molecule has 2 aromatic rings. The van der Waals surface area contributed by atoms with Crippen LogP contribution in [0.25, 0.3) is 5.69 Å². The third kappa shape index (κ3) is 4.54. The van der Waals surface area contributed by atoms with Crippen molar-refractivity contribution in [3.63, 3.8) is 0 Å². The first kappa shape index (κ1) is 16.0. The molecular weight excluding hydrogens is 282 g/mol. The Morgan fingerprint density at radius 2 is 2.00 bits per heavy atom. The van der Waals surface area contributed by atoms with Gasteiger partial charge in [0.15, 0.2) is 0 Å². The normalized spacial score (nSPS) is 13.3. The molecule has 0 aliphatic rings. The zero-order chi connectivity index (χ0) is 15.3. The van der Waals surface area contributed by atoms with Crippen molar-refractivity contribution in [3.8, 4) is 5.69 Å². The van der Waals surface area contributed by atoms with E-state index in [9.17, 15) is 0 Å². The van der Waals surface area contributed by atoms with Crippen LogP contribution in [0, 0.1) is 0 Å². The molecule has 0 aliphatic carbocycles. The average molecular weight is 305 g/mol. The standard InChI is InChI=1S/C15H23N5S/c1-5-15(3,4)16-11-12(2)21-14-17-18-19-20(14)13-9-7-6-8-10-13/h6-10,12,16H,5,11H2,1-4H3. The lowest BCUT2D eigenvalue weighted by Gasteiger charge is -2.26. The number of hydrogen-bond donors (Lipinski definition) is 1. The maximum Gasteiger partial charge on any atom is 0.214 e. The third-order valence-electron chi connectivity index (χ3n) is 3.50. The van der Waals surface area contributed by atoms with E-state index in [4.69, 9.17) is 0 Å². The van der Waals surface area contributed by atoms with E-state index in [1.165, 1.54) is 0 Å². The molecule has 0 bridgehead atoms. The summed E-state index contributed by atoms with van der Waals surface area (Å²) in [6.07, 6.45) is 1.10. The number of nitrogens with zero attached hydrogens (tertiary/aromatic N) is 4. The van der Waals surface area contributed by atoms with E-state index >= 15 is 0 Å². The first-order valence-electron chi connectivity index (χ1n) is 7.27. The summed E-state index contributed by atoms with van der Waals surface area (Å²) in [5.74, 6) is 0. The summed E-state index contributed by atoms with van der Waals surface area (Å²) in [6, 6.07) is 9.97. The van der Waals surface area contributed by atoms with E-state index in [1.54, 1.807) is 16.4 Å². The Hall–Kier alpha value is -1.40. The summed E-state index contributed by atoms with van der Waals surface area (Å²) in [4.78, 5) is 0. The molecule has 1 atom stereocenters. The Bertz CT molecular complexity index is 552. The Balaban J connectivity index is 1.99. The van der Waals surface area contributed by atoms with Crippen LogP contribution < -0.4 is 5.32 Å². The average Bonchev–Trinajstić information content (AvgIpc) is 2.94. The molecule has 5 nitrogen and oxygen atoms in total. The molecule has 0 aliphatic heterocycles. The fourth-order valence-corrected chi connectivity index (χ4v) is 2.60. The SMILES string of the molecule is CCC(C)(C)NCC(C)Sc1nnnn1-c1ccccc1. The van der Waals surface area contributed by atoms with Crippen LogP contribution in [0.15, 0.2) is 35.5 Å². The topological polar surface area (TPSA) is 55.6 Å². The highest BCUT2D eigenvalue weighted by Gasteiger charge is 2.17. The van der Waals surface area contributed by atoms with Gasteiger partial charge in [-0.05, 0) is 42.8 Å². The van der Waals surface area contributed by atoms with Crippen molar-refractivity contribution >= 4 is 11.8 Å². The summed E-state index contributed by atoms with van der Waals surface area (Å²) >= 11 is 1.69. The van der Waals surface area contributed by atoms with Gasteiger partial charge < -0.3 is 5.32 Å². The molecule has 0 radical (unpaired) electrons. The molecular formula is C15H23N5S. The van der Waals surface area contributed by atoms with E-state index < -0.39 is 0 Å². The van der Waals surface area contributed by atoms with Gasteiger partial charge in [0, 0.05) is 17.3 Å². The molecule has 6 heteroatoms. The maximum absolute atomic E-state index is 4.13. The van der Waals surface area contributed by atoms with E-state index in [1.807, 2.05) is 30.3 Å². The number of tetrazole rings is 1. The van der Waals surface area contributed by atoms with Gasteiger partial charge in [0.2, 0.25) is 5.16 Å². The molecule has 1 heterocycles. The van der Waals surface area contributed by atoms with Gasteiger partial charge in [-0.15, -0.1) is 5.10 Å². The Morgan fingerprint density at radius 3 is 2.67 bits per heavy atom. The predicted octanol–water partition coefficient (Wildman–Crippen LogP) is 2.92. The quantitative estimate of drug-likeness (QED) is 0.797. The molecule has 21 heavy (non-hydrogen) atoms. The van der Waals surface area contributed by atoms with Crippen molar-refractivity contribution < 1.29 is 0 Å². The minimum absolute atomic E-state index is 0.167. The monoisotopic (exact) mass is 305 g/mol. The van der Waals surface area contributed by atoms with E-state index in [0.717, 1.165) is 23.8 Å². The summed E-state index contributed by atoms with van der Waals surface area (Å²) in [7, 11) is 0. The van der Waals surface area contributed by atoms with Crippen molar-refractivity contribution in [2.45, 2.75) is 50.1 Å². The number of rotatable bonds is 7. The fraction of sp³-hybridized carbons (Fsp3) is 0.533. The maximum atomic E-state index is 4.13. The summed E-state index contributed by atoms with van der Waals surface area (Å²) in [6.45, 7) is 9.75. The lowest BCUT2D eigenvalue weighted by atomic mass is 10.0. The van der Waals surface area contributed by atoms with Gasteiger partial charge >= 0.3 is 0 Å². The minimum atomic E-state index is 0.167. The van der Waals surface area contributed by atoms with Crippen molar-refractivity contribution in [1.29, 1.82) is 0 Å². The number of para-hydroxylation sites is 1. The van der Waals surface area contributed by atoms with Crippen LogP contribution in [0.3, 0.4) is 0 Å². The highest BCUT2D eigenvalue weighted by Crippen LogP contribution is 2.22. The van der Waals surface area contributed by atoms with Crippen LogP contribution in [0.2, 0.25) is 0 Å². The number of hydrogen-bond acceptors (Lipinski definition) is 5. The van der Waals surface area contributed by atoms with Gasteiger partial charge in [-0.3, -0.25) is 0 Å². The van der Waals surface area contributed by atoms with Crippen LogP contribution in [0.4, 0.5) is 0 Å². The molecule has 0 saturated carbocycles. The fourth-order valence-electron chi connectivity index (χ4n) is 1.75. The van der Waals surface area contributed by atoms with Crippen molar-refractivity contribution in [3.05, 3.63) is 30.3 Å². The lowest BCUT2D eigenvalue weighted by molar-refractivity contribution is 0.379. The molecule has 0 fully saturated rings. The van der Waals surface area contributed by atoms with Crippen molar-refractivity contribution in [2.24, 2.45) is 0 Å². The van der Waals surface area contributed by atoms with Gasteiger partial charge in [0.05, 0.1) is 5.69 Å². The minimum Gasteiger partial charge on any atom is -0.311 e. The van der Waals surface area contributed by atoms with Crippen LogP contribution in [0.1, 0.15) is 34.1 Å². The smallest absolute Gasteiger partial charge is 0.214 e. The summed E-state index contributed by atoms with van der Waals surface area (Å²) in [5.41, 5.74) is 1.15. The molecule has 0 spiro atoms. The lowest BCUT2D eigenvalue weighted by Crippen LogP contribution is -2.41. The third-order valence-corrected chi connectivity index (χ3v) is 4.53. The first-order chi connectivity index (χ1) is 10.0. The highest BCUT2D eigenvalue weighted by atomic mass is 32.2. The number of benzene rings is 1. The molecule has 1 unspecified atom stereocenters. The van der Waals surface area contributed by atoms with E-state index in [-0.39, 0.29) is 5.54 Å². The number of nitrogens with one attached hydrogen (secondary N) is 1. The highest BCUT2D eigenvalue weighted by molar-refractivity contribution is 7.99. The van der Waals surface area contributed by atoms with Gasteiger partial charge in [-0.1, -0.05) is 43.8 Å². The van der Waals surface area contributed by atoms with Crippen molar-refractivity contribution in [1.82, 2.24) is 25.5 Å². The number of aromatic nitrogens is 4. The second-order valence-corrected chi connectivity index (χ2v) is 7.16. The Labute approximate surface area is 130 Å². The molecule has 1 aromatic heterocycles. The summed E-state index contributed by atoms with van der Waals surface area (Å²) in [5, 5.41) is 16.8. The van der Waals surface area contributed by atoms with Crippen LogP contribution in [0.5, 0.6) is 0 Å². The zero-order valence-electron chi connectivity index (χ0n) is 13.1. The Morgan fingerprint density at radius 1 is 1.29 bits per heavy atom. The molecule has 1 aromatic carbocycles. The number of thioether (sulfide) groups is 1. The zero-order valence-corrected chi connectivity index (χ0v) is 13.9. The van der Waals surface area contributed by atoms with Gasteiger partial charge in [0.25, 0.3) is 0 Å². The predicted molar refractivity (Wildman–Crippen MR) is 86.8 cm³/mol. The van der Waals surface area contributed by atoms with Gasteiger partial charge in [0.1, 0.15) is 0 Å². The molecule has 114 valence electrons. The van der Waals surface area contributed by atoms with E-state index in [0.29, 0.717) is 5.25 Å². The van der Waals surface area contributed by atoms with E-state index in [2.05, 4.69) is 48.5 Å². The first-order valence-corrected chi connectivity index (χ1v) is 8.15. The second kappa shape index (κ2) is 7.04. The van der Waals surface area contributed by atoms with Crippen molar-refractivity contribution in [2.75, 3.05) is 6.54 Å². The van der Waals surface area contributed by atoms with Gasteiger partial charge in [-0.25, -0.2) is 0 Å². The van der Waals surface area contributed by atoms with Crippen LogP contribution >= 0.6 is 11.8 Å². The molecule has 2 rings (SSSR count). The second-order valence-electron chi connectivity index (χ2n) is 5.76. The molecule has 0 saturated heterocycles. The molecule has 1 N–H and O–H groups in total. The largest absolute Gasteiger partial charge is 0.311 e. The van der Waals surface area contributed by atoms with Crippen LogP contribution in [-0.2, 0) is 0 Å². The Kier molecular flexibility index (Phi) is 5.36. The molecule has 0 amide bonds. The van der Waals surface area contributed by atoms with Gasteiger partial charge in [-0.2, -0.15) is 4.68 Å². The van der Waals surface area contributed by atoms with Crippen LogP contribution in [-0.4, -0.2) is 37.5 Å². The summed E-state index contributed by atoms with van der Waals surface area (Å²) < 4.78 is 1.78.